The van der Waals surface area contributed by atoms with Crippen molar-refractivity contribution < 1.29 is 14.3 Å². The fraction of sp³-hybridized carbons (Fsp3) is 0.429. The summed E-state index contributed by atoms with van der Waals surface area (Å²) in [5.74, 6) is 0.896. The first-order chi connectivity index (χ1) is 9.17. The third kappa shape index (κ3) is 3.62. The summed E-state index contributed by atoms with van der Waals surface area (Å²) in [6.45, 7) is 2.61. The summed E-state index contributed by atoms with van der Waals surface area (Å²) in [4.78, 5) is 13.8. The van der Waals surface area contributed by atoms with Crippen molar-refractivity contribution in [1.82, 2.24) is 4.90 Å². The Morgan fingerprint density at radius 2 is 2.00 bits per heavy atom. The number of benzene rings is 1. The van der Waals surface area contributed by atoms with Crippen LogP contribution in [-0.2, 0) is 0 Å². The van der Waals surface area contributed by atoms with E-state index in [1.165, 1.54) is 12.0 Å². The normalized spacial score (nSPS) is 9.58. The van der Waals surface area contributed by atoms with Crippen LogP contribution in [0.1, 0.15) is 23.7 Å². The van der Waals surface area contributed by atoms with Gasteiger partial charge < -0.3 is 14.4 Å². The Morgan fingerprint density at radius 3 is 2.53 bits per heavy atom. The number of carbonyl (C=O) groups is 1. The molecule has 5 heteroatoms. The number of rotatable bonds is 6. The first-order valence-electron chi connectivity index (χ1n) is 6.06. The molecule has 0 saturated heterocycles. The molecular formula is C14H18N2O3. The molecule has 0 bridgehead atoms. The Hall–Kier alpha value is -2.22. The van der Waals surface area contributed by atoms with Gasteiger partial charge in [0.05, 0.1) is 20.3 Å². The van der Waals surface area contributed by atoms with Gasteiger partial charge in [0, 0.05) is 12.1 Å². The summed E-state index contributed by atoms with van der Waals surface area (Å²) in [5, 5.41) is 8.75. The molecule has 0 radical (unpaired) electrons. The van der Waals surface area contributed by atoms with Crippen molar-refractivity contribution in [3.63, 3.8) is 0 Å². The third-order valence-electron chi connectivity index (χ3n) is 2.67. The summed E-state index contributed by atoms with van der Waals surface area (Å²) in [6, 6.07) is 6.98. The number of carbonyl (C=O) groups excluding carboxylic acids is 1. The van der Waals surface area contributed by atoms with Crippen molar-refractivity contribution in [1.29, 1.82) is 5.26 Å². The highest BCUT2D eigenvalue weighted by molar-refractivity contribution is 5.95. The Kier molecular flexibility index (Phi) is 5.68. The van der Waals surface area contributed by atoms with Crippen molar-refractivity contribution in [2.75, 3.05) is 27.3 Å². The van der Waals surface area contributed by atoms with Gasteiger partial charge in [-0.05, 0) is 24.6 Å². The quantitative estimate of drug-likeness (QED) is 0.736. The number of amides is 1. The molecule has 0 aliphatic heterocycles. The number of hydrogen-bond acceptors (Lipinski definition) is 4. The first-order valence-corrected chi connectivity index (χ1v) is 6.06. The maximum Gasteiger partial charge on any atom is 0.254 e. The standard InChI is InChI=1S/C14H18N2O3/c1-4-8-16(9-7-15)14(17)11-5-6-12(18-2)13(10-11)19-3/h5-6,10H,4,8-9H2,1-3H3. The van der Waals surface area contributed by atoms with Gasteiger partial charge >= 0.3 is 0 Å². The maximum absolute atomic E-state index is 12.3. The van der Waals surface area contributed by atoms with Crippen molar-refractivity contribution in [2.45, 2.75) is 13.3 Å². The smallest absolute Gasteiger partial charge is 0.254 e. The first kappa shape index (κ1) is 14.8. The van der Waals surface area contributed by atoms with Gasteiger partial charge in [0.2, 0.25) is 0 Å². The van der Waals surface area contributed by atoms with Gasteiger partial charge in [-0.25, -0.2) is 0 Å². The van der Waals surface area contributed by atoms with E-state index >= 15 is 0 Å². The van der Waals surface area contributed by atoms with E-state index in [4.69, 9.17) is 14.7 Å². The van der Waals surface area contributed by atoms with Crippen molar-refractivity contribution in [3.05, 3.63) is 23.8 Å². The minimum absolute atomic E-state index is 0.0843. The highest BCUT2D eigenvalue weighted by Crippen LogP contribution is 2.28. The van der Waals surface area contributed by atoms with Gasteiger partial charge in [-0.1, -0.05) is 6.92 Å². The van der Waals surface area contributed by atoms with Gasteiger partial charge in [-0.2, -0.15) is 5.26 Å². The van der Waals surface area contributed by atoms with Crippen molar-refractivity contribution in [3.8, 4) is 17.6 Å². The zero-order chi connectivity index (χ0) is 14.3. The van der Waals surface area contributed by atoms with Crippen LogP contribution in [0.15, 0.2) is 18.2 Å². The van der Waals surface area contributed by atoms with Crippen LogP contribution in [-0.4, -0.2) is 38.1 Å². The van der Waals surface area contributed by atoms with E-state index in [0.717, 1.165) is 6.42 Å². The van der Waals surface area contributed by atoms with E-state index in [-0.39, 0.29) is 12.5 Å². The second-order valence-electron chi connectivity index (χ2n) is 3.95. The Bertz CT molecular complexity index is 480. The monoisotopic (exact) mass is 262 g/mol. The minimum atomic E-state index is -0.177. The largest absolute Gasteiger partial charge is 0.493 e. The molecule has 0 atom stereocenters. The molecule has 1 amide bonds. The molecule has 19 heavy (non-hydrogen) atoms. The molecule has 5 nitrogen and oxygen atoms in total. The van der Waals surface area contributed by atoms with Crippen molar-refractivity contribution >= 4 is 5.91 Å². The average molecular weight is 262 g/mol. The lowest BCUT2D eigenvalue weighted by atomic mass is 10.1. The summed E-state index contributed by atoms with van der Waals surface area (Å²) in [6.07, 6.45) is 0.806. The molecule has 0 aliphatic carbocycles. The lowest BCUT2D eigenvalue weighted by Gasteiger charge is -2.19. The van der Waals surface area contributed by atoms with Gasteiger partial charge in [-0.3, -0.25) is 4.79 Å². The molecule has 0 spiro atoms. The van der Waals surface area contributed by atoms with Gasteiger partial charge in [0.25, 0.3) is 5.91 Å². The van der Waals surface area contributed by atoms with E-state index in [1.807, 2.05) is 13.0 Å². The molecule has 1 aromatic carbocycles. The van der Waals surface area contributed by atoms with Crippen LogP contribution >= 0.6 is 0 Å². The summed E-state index contributed by atoms with van der Waals surface area (Å²) < 4.78 is 10.3. The molecule has 1 aromatic rings. The Labute approximate surface area is 113 Å². The molecule has 0 saturated carbocycles. The summed E-state index contributed by atoms with van der Waals surface area (Å²) >= 11 is 0. The molecule has 0 fully saturated rings. The summed E-state index contributed by atoms with van der Waals surface area (Å²) in [7, 11) is 3.06. The second-order valence-corrected chi connectivity index (χ2v) is 3.95. The van der Waals surface area contributed by atoms with Gasteiger partial charge in [-0.15, -0.1) is 0 Å². The number of nitriles is 1. The average Bonchev–Trinajstić information content (AvgIpc) is 2.45. The lowest BCUT2D eigenvalue weighted by Crippen LogP contribution is -2.32. The SMILES string of the molecule is CCCN(CC#N)C(=O)c1ccc(OC)c(OC)c1. The summed E-state index contributed by atoms with van der Waals surface area (Å²) in [5.41, 5.74) is 0.487. The highest BCUT2D eigenvalue weighted by atomic mass is 16.5. The second kappa shape index (κ2) is 7.27. The molecule has 1 rings (SSSR count). The molecule has 0 aromatic heterocycles. The van der Waals surface area contributed by atoms with Crippen LogP contribution < -0.4 is 9.47 Å². The van der Waals surface area contributed by atoms with E-state index < -0.39 is 0 Å². The zero-order valence-corrected chi connectivity index (χ0v) is 11.5. The molecule has 0 N–H and O–H groups in total. The van der Waals surface area contributed by atoms with Gasteiger partial charge in [0.15, 0.2) is 11.5 Å². The van der Waals surface area contributed by atoms with Gasteiger partial charge in [0.1, 0.15) is 6.54 Å². The fourth-order valence-corrected chi connectivity index (χ4v) is 1.76. The molecule has 0 aliphatic rings. The highest BCUT2D eigenvalue weighted by Gasteiger charge is 2.16. The minimum Gasteiger partial charge on any atom is -0.493 e. The maximum atomic E-state index is 12.3. The zero-order valence-electron chi connectivity index (χ0n) is 11.5. The Balaban J connectivity index is 3.01. The molecule has 0 heterocycles. The topological polar surface area (TPSA) is 62.6 Å². The molecule has 102 valence electrons. The van der Waals surface area contributed by atoms with E-state index in [0.29, 0.717) is 23.6 Å². The Morgan fingerprint density at radius 1 is 1.32 bits per heavy atom. The number of methoxy groups -OCH3 is 2. The number of nitrogens with zero attached hydrogens (tertiary/aromatic N) is 2. The van der Waals surface area contributed by atoms with Crippen LogP contribution in [0.4, 0.5) is 0 Å². The van der Waals surface area contributed by atoms with Crippen LogP contribution in [0.2, 0.25) is 0 Å². The third-order valence-corrected chi connectivity index (χ3v) is 2.67. The van der Waals surface area contributed by atoms with Crippen LogP contribution in [0.3, 0.4) is 0 Å². The van der Waals surface area contributed by atoms with E-state index in [2.05, 4.69) is 0 Å². The van der Waals surface area contributed by atoms with Crippen LogP contribution in [0.25, 0.3) is 0 Å². The lowest BCUT2D eigenvalue weighted by molar-refractivity contribution is 0.0775. The molecular weight excluding hydrogens is 244 g/mol. The number of ether oxygens (including phenoxy) is 2. The van der Waals surface area contributed by atoms with Crippen molar-refractivity contribution in [2.24, 2.45) is 0 Å². The number of hydrogen-bond donors (Lipinski definition) is 0. The predicted octanol–water partition coefficient (Wildman–Crippen LogP) is 2.08. The van der Waals surface area contributed by atoms with Crippen LogP contribution in [0.5, 0.6) is 11.5 Å². The van der Waals surface area contributed by atoms with E-state index in [1.54, 1.807) is 25.3 Å². The molecule has 0 unspecified atom stereocenters. The van der Waals surface area contributed by atoms with E-state index in [9.17, 15) is 4.79 Å². The fourth-order valence-electron chi connectivity index (χ4n) is 1.76. The van der Waals surface area contributed by atoms with Crippen LogP contribution in [0, 0.1) is 11.3 Å². The predicted molar refractivity (Wildman–Crippen MR) is 71.4 cm³/mol.